The fourth-order valence-electron chi connectivity index (χ4n) is 1.89. The predicted molar refractivity (Wildman–Crippen MR) is 67.6 cm³/mol. The zero-order chi connectivity index (χ0) is 11.8. The molecular weight excluding hydrogens is 222 g/mol. The Morgan fingerprint density at radius 2 is 2.19 bits per heavy atom. The Balaban J connectivity index is 2.73. The maximum absolute atomic E-state index is 11.6. The van der Waals surface area contributed by atoms with Gasteiger partial charge in [-0.25, -0.2) is 8.42 Å². The van der Waals surface area contributed by atoms with Gasteiger partial charge >= 0.3 is 0 Å². The predicted octanol–water partition coefficient (Wildman–Crippen LogP) is 2.49. The van der Waals surface area contributed by atoms with E-state index in [1.807, 2.05) is 25.1 Å². The molecule has 0 spiro atoms. The van der Waals surface area contributed by atoms with E-state index in [-0.39, 0.29) is 5.75 Å². The summed E-state index contributed by atoms with van der Waals surface area (Å²) in [6.45, 7) is 5.59. The summed E-state index contributed by atoms with van der Waals surface area (Å²) in [4.78, 5) is 0. The molecule has 1 aliphatic heterocycles. The number of rotatable bonds is 1. The number of benzene rings is 1. The minimum absolute atomic E-state index is 0.0291. The maximum Gasteiger partial charge on any atom is 0.236 e. The van der Waals surface area contributed by atoms with E-state index in [0.29, 0.717) is 5.69 Å². The second-order valence-electron chi connectivity index (χ2n) is 3.65. The largest absolute Gasteiger partial charge is 0.283 e. The molecule has 1 N–H and O–H groups in total. The first kappa shape index (κ1) is 11.0. The number of allylic oxidation sites excluding steroid dienone is 1. The van der Waals surface area contributed by atoms with Gasteiger partial charge in [-0.15, -0.1) is 0 Å². The van der Waals surface area contributed by atoms with Crippen LogP contribution in [0.4, 0.5) is 5.69 Å². The summed E-state index contributed by atoms with van der Waals surface area (Å²) in [7, 11) is -3.23. The quantitative estimate of drug-likeness (QED) is 0.812. The lowest BCUT2D eigenvalue weighted by molar-refractivity contribution is 0.604. The van der Waals surface area contributed by atoms with Crippen LogP contribution in [0.5, 0.6) is 0 Å². The first-order chi connectivity index (χ1) is 7.57. The van der Waals surface area contributed by atoms with Gasteiger partial charge < -0.3 is 0 Å². The average Bonchev–Trinajstić information content (AvgIpc) is 2.25. The monoisotopic (exact) mass is 235 g/mol. The summed E-state index contributed by atoms with van der Waals surface area (Å²) >= 11 is 0. The third kappa shape index (κ3) is 1.76. The minimum atomic E-state index is -3.23. The van der Waals surface area contributed by atoms with E-state index in [1.165, 1.54) is 0 Å². The number of hydrogen-bond donors (Lipinski definition) is 1. The van der Waals surface area contributed by atoms with Gasteiger partial charge in [0.05, 0.1) is 11.4 Å². The zero-order valence-electron chi connectivity index (χ0n) is 9.03. The molecule has 0 bridgehead atoms. The van der Waals surface area contributed by atoms with E-state index in [4.69, 9.17) is 0 Å². The number of nitrogens with one attached hydrogen (secondary N) is 1. The molecule has 0 radical (unpaired) electrons. The highest BCUT2D eigenvalue weighted by atomic mass is 32.2. The number of hydrogen-bond acceptors (Lipinski definition) is 2. The zero-order valence-corrected chi connectivity index (χ0v) is 9.84. The van der Waals surface area contributed by atoms with Gasteiger partial charge in [-0.05, 0) is 24.1 Å². The SMILES string of the molecule is C=Cc1cccc2c1/C(=C\C)CS(=O)(=O)N2. The molecule has 1 aromatic rings. The maximum atomic E-state index is 11.6. The molecular formula is C12H13NO2S. The van der Waals surface area contributed by atoms with Crippen LogP contribution in [0, 0.1) is 0 Å². The molecule has 3 nitrogen and oxygen atoms in total. The van der Waals surface area contributed by atoms with E-state index >= 15 is 0 Å². The Hall–Kier alpha value is -1.55. The van der Waals surface area contributed by atoms with Crippen molar-refractivity contribution >= 4 is 27.4 Å². The summed E-state index contributed by atoms with van der Waals surface area (Å²) in [5.74, 6) is 0.0291. The Labute approximate surface area is 95.5 Å². The topological polar surface area (TPSA) is 46.2 Å². The van der Waals surface area contributed by atoms with Crippen molar-refractivity contribution < 1.29 is 8.42 Å². The van der Waals surface area contributed by atoms with Crippen LogP contribution in [-0.2, 0) is 10.0 Å². The Morgan fingerprint density at radius 3 is 2.81 bits per heavy atom. The van der Waals surface area contributed by atoms with Gasteiger partial charge in [0.2, 0.25) is 10.0 Å². The highest BCUT2D eigenvalue weighted by molar-refractivity contribution is 7.93. The second-order valence-corrected chi connectivity index (χ2v) is 5.37. The van der Waals surface area contributed by atoms with Crippen LogP contribution >= 0.6 is 0 Å². The van der Waals surface area contributed by atoms with Gasteiger partial charge in [0, 0.05) is 5.56 Å². The first-order valence-electron chi connectivity index (χ1n) is 4.99. The van der Waals surface area contributed by atoms with Gasteiger partial charge in [-0.2, -0.15) is 0 Å². The number of fused-ring (bicyclic) bond motifs is 1. The third-order valence-electron chi connectivity index (χ3n) is 2.60. The van der Waals surface area contributed by atoms with Crippen molar-refractivity contribution in [2.45, 2.75) is 6.92 Å². The lowest BCUT2D eigenvalue weighted by Crippen LogP contribution is -2.23. The molecule has 0 aliphatic carbocycles. The van der Waals surface area contributed by atoms with Crippen LogP contribution in [0.3, 0.4) is 0 Å². The van der Waals surface area contributed by atoms with E-state index in [0.717, 1.165) is 16.7 Å². The van der Waals surface area contributed by atoms with Crippen molar-refractivity contribution in [3.8, 4) is 0 Å². The van der Waals surface area contributed by atoms with E-state index in [1.54, 1.807) is 12.1 Å². The molecule has 0 amide bonds. The molecule has 0 atom stereocenters. The highest BCUT2D eigenvalue weighted by Gasteiger charge is 2.24. The molecule has 0 unspecified atom stereocenters. The van der Waals surface area contributed by atoms with Crippen molar-refractivity contribution in [1.82, 2.24) is 0 Å². The lowest BCUT2D eigenvalue weighted by Gasteiger charge is -2.22. The van der Waals surface area contributed by atoms with Crippen molar-refractivity contribution in [1.29, 1.82) is 0 Å². The molecule has 1 aliphatic rings. The molecule has 4 heteroatoms. The minimum Gasteiger partial charge on any atom is -0.283 e. The Kier molecular flexibility index (Phi) is 2.59. The molecule has 16 heavy (non-hydrogen) atoms. The molecule has 1 heterocycles. The van der Waals surface area contributed by atoms with Crippen molar-refractivity contribution in [2.75, 3.05) is 10.5 Å². The van der Waals surface area contributed by atoms with Crippen LogP contribution in [0.2, 0.25) is 0 Å². The molecule has 0 aromatic heterocycles. The van der Waals surface area contributed by atoms with Gasteiger partial charge in [0.15, 0.2) is 0 Å². The summed E-state index contributed by atoms with van der Waals surface area (Å²) in [5.41, 5.74) is 3.35. The molecule has 2 rings (SSSR count). The summed E-state index contributed by atoms with van der Waals surface area (Å²) in [5, 5.41) is 0. The van der Waals surface area contributed by atoms with Gasteiger partial charge in [0.25, 0.3) is 0 Å². The molecule has 84 valence electrons. The van der Waals surface area contributed by atoms with Crippen LogP contribution in [0.1, 0.15) is 18.1 Å². The van der Waals surface area contributed by atoms with Gasteiger partial charge in [-0.1, -0.05) is 30.9 Å². The van der Waals surface area contributed by atoms with Crippen molar-refractivity contribution in [3.05, 3.63) is 42.0 Å². The van der Waals surface area contributed by atoms with Crippen molar-refractivity contribution in [3.63, 3.8) is 0 Å². The third-order valence-corrected chi connectivity index (χ3v) is 3.82. The average molecular weight is 235 g/mol. The number of sulfonamides is 1. The fraction of sp³-hybridized carbons (Fsp3) is 0.167. The van der Waals surface area contributed by atoms with E-state index < -0.39 is 10.0 Å². The van der Waals surface area contributed by atoms with Gasteiger partial charge in [-0.3, -0.25) is 4.72 Å². The normalized spacial score (nSPS) is 19.9. The Bertz CT molecular complexity index is 571. The molecule has 0 saturated carbocycles. The summed E-state index contributed by atoms with van der Waals surface area (Å²) in [6, 6.07) is 5.51. The second kappa shape index (κ2) is 3.79. The van der Waals surface area contributed by atoms with E-state index in [2.05, 4.69) is 11.3 Å². The lowest BCUT2D eigenvalue weighted by atomic mass is 9.98. The van der Waals surface area contributed by atoms with Gasteiger partial charge in [0.1, 0.15) is 0 Å². The van der Waals surface area contributed by atoms with Crippen molar-refractivity contribution in [2.24, 2.45) is 0 Å². The Morgan fingerprint density at radius 1 is 1.44 bits per heavy atom. The standard InChI is InChI=1S/C12H13NO2S/c1-3-9-6-5-7-11-12(9)10(4-2)8-16(14,15)13-11/h3-7,13H,1,8H2,2H3/b10-4-. The van der Waals surface area contributed by atoms with Crippen LogP contribution in [0.25, 0.3) is 11.6 Å². The van der Waals surface area contributed by atoms with Crippen LogP contribution in [-0.4, -0.2) is 14.2 Å². The molecule has 0 saturated heterocycles. The molecule has 1 aromatic carbocycles. The highest BCUT2D eigenvalue weighted by Crippen LogP contribution is 2.34. The summed E-state index contributed by atoms with van der Waals surface area (Å²) in [6.07, 6.45) is 3.58. The van der Waals surface area contributed by atoms with Crippen LogP contribution < -0.4 is 4.72 Å². The fourth-order valence-corrected chi connectivity index (χ4v) is 3.19. The molecule has 0 fully saturated rings. The number of anilines is 1. The van der Waals surface area contributed by atoms with E-state index in [9.17, 15) is 8.42 Å². The smallest absolute Gasteiger partial charge is 0.236 e. The van der Waals surface area contributed by atoms with Crippen LogP contribution in [0.15, 0.2) is 30.9 Å². The first-order valence-corrected chi connectivity index (χ1v) is 6.64. The summed E-state index contributed by atoms with van der Waals surface area (Å²) < 4.78 is 25.8.